The van der Waals surface area contributed by atoms with Gasteiger partial charge in [0.2, 0.25) is 0 Å². The Morgan fingerprint density at radius 2 is 2.16 bits per heavy atom. The number of thiophene rings is 1. The molecule has 0 radical (unpaired) electrons. The van der Waals surface area contributed by atoms with E-state index in [4.69, 9.17) is 11.6 Å². The van der Waals surface area contributed by atoms with Crippen molar-refractivity contribution in [2.45, 2.75) is 13.5 Å². The fraction of sp³-hybridized carbons (Fsp3) is 0.214. The van der Waals surface area contributed by atoms with E-state index in [1.807, 2.05) is 24.4 Å². The van der Waals surface area contributed by atoms with Crippen molar-refractivity contribution in [2.75, 3.05) is 7.05 Å². The van der Waals surface area contributed by atoms with Crippen molar-refractivity contribution < 1.29 is 4.79 Å². The number of hydrogen-bond donors (Lipinski definition) is 0. The molecule has 0 N–H and O–H groups in total. The van der Waals surface area contributed by atoms with Gasteiger partial charge < -0.3 is 4.90 Å². The molecule has 1 aromatic carbocycles. The van der Waals surface area contributed by atoms with Gasteiger partial charge in [-0.1, -0.05) is 11.6 Å². The lowest BCUT2D eigenvalue weighted by Crippen LogP contribution is -2.25. The monoisotopic (exact) mass is 357 g/mol. The third-order valence-electron chi connectivity index (χ3n) is 2.77. The third kappa shape index (κ3) is 3.59. The summed E-state index contributed by atoms with van der Waals surface area (Å²) in [6.07, 6.45) is 0. The van der Waals surface area contributed by atoms with Crippen LogP contribution in [0, 0.1) is 6.92 Å². The standard InChI is InChI=1S/C14H13BrClNOS/c1-9-5-10(3-4-13(9)16)14(18)17(2)7-12-6-11(15)8-19-12/h3-6,8H,7H2,1-2H3. The first-order chi connectivity index (χ1) is 8.97. The van der Waals surface area contributed by atoms with Crippen molar-refractivity contribution in [1.29, 1.82) is 0 Å². The zero-order valence-corrected chi connectivity index (χ0v) is 13.8. The first-order valence-electron chi connectivity index (χ1n) is 5.72. The molecule has 0 aliphatic heterocycles. The number of benzene rings is 1. The molecule has 0 unspecified atom stereocenters. The number of hydrogen-bond acceptors (Lipinski definition) is 2. The lowest BCUT2D eigenvalue weighted by Gasteiger charge is -2.16. The summed E-state index contributed by atoms with van der Waals surface area (Å²) in [6, 6.07) is 7.38. The number of carbonyl (C=O) groups is 1. The smallest absolute Gasteiger partial charge is 0.253 e. The lowest BCUT2D eigenvalue weighted by molar-refractivity contribution is 0.0786. The summed E-state index contributed by atoms with van der Waals surface area (Å²) in [5.41, 5.74) is 1.58. The van der Waals surface area contributed by atoms with Gasteiger partial charge in [-0.3, -0.25) is 4.79 Å². The highest BCUT2D eigenvalue weighted by Gasteiger charge is 2.13. The highest BCUT2D eigenvalue weighted by molar-refractivity contribution is 9.10. The Labute approximate surface area is 130 Å². The quantitative estimate of drug-likeness (QED) is 0.775. The summed E-state index contributed by atoms with van der Waals surface area (Å²) in [4.78, 5) is 15.2. The molecule has 2 nitrogen and oxygen atoms in total. The van der Waals surface area contributed by atoms with Crippen LogP contribution in [-0.4, -0.2) is 17.9 Å². The van der Waals surface area contributed by atoms with Gasteiger partial charge >= 0.3 is 0 Å². The number of carbonyl (C=O) groups excluding carboxylic acids is 1. The molecule has 2 rings (SSSR count). The Bertz CT molecular complexity index is 611. The lowest BCUT2D eigenvalue weighted by atomic mass is 10.1. The maximum absolute atomic E-state index is 12.3. The highest BCUT2D eigenvalue weighted by Crippen LogP contribution is 2.22. The molecular weight excluding hydrogens is 346 g/mol. The average molecular weight is 359 g/mol. The van der Waals surface area contributed by atoms with E-state index in [-0.39, 0.29) is 5.91 Å². The van der Waals surface area contributed by atoms with E-state index >= 15 is 0 Å². The Kier molecular flexibility index (Phi) is 4.66. The van der Waals surface area contributed by atoms with Gasteiger partial charge in [0.25, 0.3) is 5.91 Å². The molecule has 1 aromatic heterocycles. The summed E-state index contributed by atoms with van der Waals surface area (Å²) in [6.45, 7) is 2.51. The van der Waals surface area contributed by atoms with Crippen molar-refractivity contribution in [2.24, 2.45) is 0 Å². The minimum Gasteiger partial charge on any atom is -0.337 e. The molecule has 0 fully saturated rings. The van der Waals surface area contributed by atoms with Crippen LogP contribution in [-0.2, 0) is 6.54 Å². The van der Waals surface area contributed by atoms with Crippen molar-refractivity contribution in [3.05, 3.63) is 55.1 Å². The van der Waals surface area contributed by atoms with Gasteiger partial charge in [0.05, 0.1) is 6.54 Å². The Morgan fingerprint density at radius 1 is 1.42 bits per heavy atom. The number of nitrogens with zero attached hydrogens (tertiary/aromatic N) is 1. The topological polar surface area (TPSA) is 20.3 Å². The highest BCUT2D eigenvalue weighted by atomic mass is 79.9. The molecule has 0 saturated carbocycles. The van der Waals surface area contributed by atoms with Crippen LogP contribution in [0.4, 0.5) is 0 Å². The predicted octanol–water partition coefficient (Wildman–Crippen LogP) is 4.74. The van der Waals surface area contributed by atoms with Crippen LogP contribution in [0.5, 0.6) is 0 Å². The minimum absolute atomic E-state index is 0.00397. The van der Waals surface area contributed by atoms with Crippen LogP contribution < -0.4 is 0 Å². The number of amides is 1. The van der Waals surface area contributed by atoms with Gasteiger partial charge in [-0.05, 0) is 52.7 Å². The second-order valence-electron chi connectivity index (χ2n) is 4.36. The van der Waals surface area contributed by atoms with E-state index in [1.165, 1.54) is 0 Å². The largest absolute Gasteiger partial charge is 0.337 e. The van der Waals surface area contributed by atoms with Gasteiger partial charge in [-0.2, -0.15) is 0 Å². The second-order valence-corrected chi connectivity index (χ2v) is 6.68. The number of rotatable bonds is 3. The fourth-order valence-electron chi connectivity index (χ4n) is 1.74. The van der Waals surface area contributed by atoms with Crippen molar-refractivity contribution >= 4 is 44.8 Å². The van der Waals surface area contributed by atoms with Gasteiger partial charge in [-0.15, -0.1) is 11.3 Å². The van der Waals surface area contributed by atoms with Gasteiger partial charge in [-0.25, -0.2) is 0 Å². The molecule has 100 valence electrons. The molecule has 0 aliphatic carbocycles. The molecule has 0 spiro atoms. The normalized spacial score (nSPS) is 10.5. The zero-order chi connectivity index (χ0) is 14.0. The first-order valence-corrected chi connectivity index (χ1v) is 7.77. The molecule has 0 aliphatic rings. The Balaban J connectivity index is 2.12. The van der Waals surface area contributed by atoms with Crippen LogP contribution in [0.3, 0.4) is 0 Å². The van der Waals surface area contributed by atoms with Crippen molar-refractivity contribution in [3.63, 3.8) is 0 Å². The molecule has 1 amide bonds. The summed E-state index contributed by atoms with van der Waals surface area (Å²) < 4.78 is 1.05. The second kappa shape index (κ2) is 6.07. The first kappa shape index (κ1) is 14.6. The van der Waals surface area contributed by atoms with Crippen LogP contribution in [0.15, 0.2) is 34.1 Å². The SMILES string of the molecule is Cc1cc(C(=O)N(C)Cc2cc(Br)cs2)ccc1Cl. The summed E-state index contributed by atoms with van der Waals surface area (Å²) in [7, 11) is 1.81. The van der Waals surface area contributed by atoms with Crippen LogP contribution in [0.25, 0.3) is 0 Å². The molecular formula is C14H13BrClNOS. The van der Waals surface area contributed by atoms with Crippen LogP contribution >= 0.6 is 38.9 Å². The Hall–Kier alpha value is -0.840. The van der Waals surface area contributed by atoms with E-state index < -0.39 is 0 Å². The zero-order valence-electron chi connectivity index (χ0n) is 10.6. The molecule has 19 heavy (non-hydrogen) atoms. The summed E-state index contributed by atoms with van der Waals surface area (Å²) in [5, 5.41) is 2.70. The summed E-state index contributed by atoms with van der Waals surface area (Å²) in [5.74, 6) is 0.00397. The maximum atomic E-state index is 12.3. The van der Waals surface area contributed by atoms with E-state index in [0.717, 1.165) is 14.9 Å². The third-order valence-corrected chi connectivity index (χ3v) is 4.87. The van der Waals surface area contributed by atoms with E-state index in [1.54, 1.807) is 35.4 Å². The fourth-order valence-corrected chi connectivity index (χ4v) is 3.36. The van der Waals surface area contributed by atoms with Crippen molar-refractivity contribution in [3.8, 4) is 0 Å². The molecule has 5 heteroatoms. The van der Waals surface area contributed by atoms with Crippen molar-refractivity contribution in [1.82, 2.24) is 4.90 Å². The predicted molar refractivity (Wildman–Crippen MR) is 84.0 cm³/mol. The average Bonchev–Trinajstić information content (AvgIpc) is 2.77. The van der Waals surface area contributed by atoms with Gasteiger partial charge in [0.15, 0.2) is 0 Å². The minimum atomic E-state index is 0.00397. The summed E-state index contributed by atoms with van der Waals surface area (Å²) >= 11 is 11.0. The van der Waals surface area contributed by atoms with E-state index in [9.17, 15) is 4.79 Å². The number of halogens is 2. The van der Waals surface area contributed by atoms with E-state index in [2.05, 4.69) is 15.9 Å². The molecule has 0 saturated heterocycles. The van der Waals surface area contributed by atoms with Crippen LogP contribution in [0.2, 0.25) is 5.02 Å². The molecule has 0 atom stereocenters. The Morgan fingerprint density at radius 3 is 2.74 bits per heavy atom. The maximum Gasteiger partial charge on any atom is 0.253 e. The number of aryl methyl sites for hydroxylation is 1. The molecule has 1 heterocycles. The molecule has 2 aromatic rings. The van der Waals surface area contributed by atoms with Gasteiger partial charge in [0, 0.05) is 32.4 Å². The van der Waals surface area contributed by atoms with E-state index in [0.29, 0.717) is 17.1 Å². The van der Waals surface area contributed by atoms with Crippen LogP contribution in [0.1, 0.15) is 20.8 Å². The molecule has 0 bridgehead atoms. The van der Waals surface area contributed by atoms with Gasteiger partial charge in [0.1, 0.15) is 0 Å².